The Morgan fingerprint density at radius 1 is 1.38 bits per heavy atom. The maximum Gasteiger partial charge on any atom is 0.177 e. The highest BCUT2D eigenvalue weighted by atomic mass is 32.2. The molecule has 2 aromatic heterocycles. The molecule has 0 saturated heterocycles. The third kappa shape index (κ3) is 2.31. The predicted molar refractivity (Wildman–Crippen MR) is 60.4 cm³/mol. The molecule has 84 valence electrons. The Labute approximate surface area is 98.7 Å². The third-order valence-corrected chi connectivity index (χ3v) is 3.74. The molecular formula is C9H7F2N3S2. The standard InChI is InChI=1S/C9H7F2N3S2/c10-5-4-6(11)9(13-8(5)14-12)16-7-2-1-3-15-7/h1-4H,12H2,(H,13,14). The van der Waals surface area contributed by atoms with E-state index in [1.54, 1.807) is 0 Å². The molecule has 3 nitrogen and oxygen atoms in total. The van der Waals surface area contributed by atoms with Gasteiger partial charge in [0.15, 0.2) is 17.5 Å². The fraction of sp³-hybridized carbons (Fsp3) is 0. The van der Waals surface area contributed by atoms with Crippen LogP contribution < -0.4 is 11.3 Å². The largest absolute Gasteiger partial charge is 0.306 e. The first-order valence-corrected chi connectivity index (χ1v) is 5.94. The lowest BCUT2D eigenvalue weighted by molar-refractivity contribution is 0.551. The van der Waals surface area contributed by atoms with Crippen molar-refractivity contribution in [3.05, 3.63) is 35.2 Å². The molecule has 7 heteroatoms. The molecule has 0 aliphatic carbocycles. The number of anilines is 1. The predicted octanol–water partition coefficient (Wildman–Crippen LogP) is 2.86. The van der Waals surface area contributed by atoms with E-state index in [9.17, 15) is 8.78 Å². The summed E-state index contributed by atoms with van der Waals surface area (Å²) in [6.45, 7) is 0. The molecule has 0 aliphatic rings. The monoisotopic (exact) mass is 259 g/mol. The minimum atomic E-state index is -0.810. The summed E-state index contributed by atoms with van der Waals surface area (Å²) in [5.41, 5.74) is 2.08. The number of hydrogen-bond donors (Lipinski definition) is 2. The van der Waals surface area contributed by atoms with E-state index in [0.29, 0.717) is 0 Å². The van der Waals surface area contributed by atoms with Crippen molar-refractivity contribution in [2.75, 3.05) is 5.43 Å². The summed E-state index contributed by atoms with van der Waals surface area (Å²) in [5.74, 6) is 3.39. The molecular weight excluding hydrogens is 252 g/mol. The molecule has 2 rings (SSSR count). The van der Waals surface area contributed by atoms with Gasteiger partial charge in [0, 0.05) is 6.07 Å². The van der Waals surface area contributed by atoms with Crippen molar-refractivity contribution < 1.29 is 8.78 Å². The Kier molecular flexibility index (Phi) is 3.37. The van der Waals surface area contributed by atoms with Crippen LogP contribution in [0.2, 0.25) is 0 Å². The minimum Gasteiger partial charge on any atom is -0.306 e. The lowest BCUT2D eigenvalue weighted by Gasteiger charge is -2.05. The van der Waals surface area contributed by atoms with Crippen LogP contribution in [0.15, 0.2) is 32.8 Å². The second kappa shape index (κ2) is 4.77. The van der Waals surface area contributed by atoms with E-state index in [1.807, 2.05) is 17.5 Å². The zero-order valence-corrected chi connectivity index (χ0v) is 9.54. The second-order valence-corrected chi connectivity index (χ2v) is 5.02. The molecule has 0 aliphatic heterocycles. The molecule has 2 aromatic rings. The molecule has 16 heavy (non-hydrogen) atoms. The van der Waals surface area contributed by atoms with Crippen LogP contribution in [0.4, 0.5) is 14.6 Å². The normalized spacial score (nSPS) is 10.4. The zero-order valence-electron chi connectivity index (χ0n) is 7.91. The summed E-state index contributed by atoms with van der Waals surface area (Å²) in [6.07, 6.45) is 0. The molecule has 2 heterocycles. The molecule has 0 bridgehead atoms. The van der Waals surface area contributed by atoms with Crippen molar-refractivity contribution in [2.24, 2.45) is 5.84 Å². The van der Waals surface area contributed by atoms with Gasteiger partial charge in [-0.25, -0.2) is 19.6 Å². The lowest BCUT2D eigenvalue weighted by atomic mass is 10.4. The smallest absolute Gasteiger partial charge is 0.177 e. The first-order valence-electron chi connectivity index (χ1n) is 4.24. The van der Waals surface area contributed by atoms with Crippen LogP contribution in [0.1, 0.15) is 0 Å². The van der Waals surface area contributed by atoms with Crippen molar-refractivity contribution >= 4 is 28.9 Å². The van der Waals surface area contributed by atoms with Crippen LogP contribution in [0.3, 0.4) is 0 Å². The highest BCUT2D eigenvalue weighted by Crippen LogP contribution is 2.32. The molecule has 0 amide bonds. The van der Waals surface area contributed by atoms with Gasteiger partial charge in [0.1, 0.15) is 5.03 Å². The molecule has 0 fully saturated rings. The van der Waals surface area contributed by atoms with E-state index in [0.717, 1.165) is 22.0 Å². The summed E-state index contributed by atoms with van der Waals surface area (Å²) in [4.78, 5) is 3.75. The number of nitrogens with zero attached hydrogens (tertiary/aromatic N) is 1. The third-order valence-electron chi connectivity index (χ3n) is 1.73. The van der Waals surface area contributed by atoms with Gasteiger partial charge >= 0.3 is 0 Å². The molecule has 0 radical (unpaired) electrons. The second-order valence-electron chi connectivity index (χ2n) is 2.78. The van der Waals surface area contributed by atoms with Crippen molar-refractivity contribution in [2.45, 2.75) is 9.24 Å². The van der Waals surface area contributed by atoms with Gasteiger partial charge in [0.2, 0.25) is 0 Å². The van der Waals surface area contributed by atoms with E-state index in [1.165, 1.54) is 11.3 Å². The quantitative estimate of drug-likeness (QED) is 0.657. The van der Waals surface area contributed by atoms with Crippen LogP contribution in [0.5, 0.6) is 0 Å². The summed E-state index contributed by atoms with van der Waals surface area (Å²) in [7, 11) is 0. The Hall–Kier alpha value is -1.18. The number of hydrazine groups is 1. The number of rotatable bonds is 3. The Morgan fingerprint density at radius 3 is 2.81 bits per heavy atom. The van der Waals surface area contributed by atoms with E-state index in [-0.39, 0.29) is 10.8 Å². The van der Waals surface area contributed by atoms with Gasteiger partial charge in [-0.1, -0.05) is 17.8 Å². The summed E-state index contributed by atoms with van der Waals surface area (Å²) >= 11 is 2.58. The number of nitrogens with one attached hydrogen (secondary N) is 1. The number of pyridine rings is 1. The molecule has 3 N–H and O–H groups in total. The summed E-state index contributed by atoms with van der Waals surface area (Å²) in [5, 5.41) is 1.96. The fourth-order valence-electron chi connectivity index (χ4n) is 1.04. The average Bonchev–Trinajstić information content (AvgIpc) is 2.75. The number of nitrogens with two attached hydrogens (primary N) is 1. The van der Waals surface area contributed by atoms with Crippen LogP contribution in [0, 0.1) is 11.6 Å². The molecule has 0 unspecified atom stereocenters. The van der Waals surface area contributed by atoms with Crippen LogP contribution >= 0.6 is 23.1 Å². The van der Waals surface area contributed by atoms with Gasteiger partial charge in [0.05, 0.1) is 4.21 Å². The van der Waals surface area contributed by atoms with Gasteiger partial charge in [-0.2, -0.15) is 0 Å². The fourth-order valence-corrected chi connectivity index (χ4v) is 2.71. The van der Waals surface area contributed by atoms with Crippen molar-refractivity contribution in [1.29, 1.82) is 0 Å². The lowest BCUT2D eigenvalue weighted by Crippen LogP contribution is -2.11. The topological polar surface area (TPSA) is 50.9 Å². The Bertz CT molecular complexity index is 488. The molecule has 0 aromatic carbocycles. The molecule has 0 atom stereocenters. The SMILES string of the molecule is NNc1nc(Sc2cccs2)c(F)cc1F. The van der Waals surface area contributed by atoms with Crippen molar-refractivity contribution in [3.8, 4) is 0 Å². The molecule has 0 saturated carbocycles. The van der Waals surface area contributed by atoms with Crippen LogP contribution in [-0.4, -0.2) is 4.98 Å². The molecule has 0 spiro atoms. The van der Waals surface area contributed by atoms with E-state index < -0.39 is 11.6 Å². The minimum absolute atomic E-state index is 0.0943. The summed E-state index contributed by atoms with van der Waals surface area (Å²) in [6, 6.07) is 4.43. The number of halogens is 2. The number of thiophene rings is 1. The maximum absolute atomic E-state index is 13.4. The number of nitrogen functional groups attached to an aromatic ring is 1. The maximum atomic E-state index is 13.4. The van der Waals surface area contributed by atoms with E-state index in [2.05, 4.69) is 10.4 Å². The number of hydrogen-bond acceptors (Lipinski definition) is 5. The van der Waals surface area contributed by atoms with Crippen LogP contribution in [-0.2, 0) is 0 Å². The van der Waals surface area contributed by atoms with Gasteiger partial charge in [-0.05, 0) is 11.4 Å². The van der Waals surface area contributed by atoms with E-state index in [4.69, 9.17) is 5.84 Å². The zero-order chi connectivity index (χ0) is 11.5. The number of aromatic nitrogens is 1. The van der Waals surface area contributed by atoms with Gasteiger partial charge < -0.3 is 5.43 Å². The van der Waals surface area contributed by atoms with E-state index >= 15 is 0 Å². The van der Waals surface area contributed by atoms with Crippen LogP contribution in [0.25, 0.3) is 0 Å². The highest BCUT2D eigenvalue weighted by molar-refractivity contribution is 8.01. The summed E-state index contributed by atoms with van der Waals surface area (Å²) < 4.78 is 27.3. The Morgan fingerprint density at radius 2 is 2.19 bits per heavy atom. The van der Waals surface area contributed by atoms with Gasteiger partial charge in [0.25, 0.3) is 0 Å². The first kappa shape index (κ1) is 11.3. The van der Waals surface area contributed by atoms with Crippen molar-refractivity contribution in [1.82, 2.24) is 4.98 Å². The highest BCUT2D eigenvalue weighted by Gasteiger charge is 2.12. The van der Waals surface area contributed by atoms with Gasteiger partial charge in [-0.15, -0.1) is 11.3 Å². The van der Waals surface area contributed by atoms with Gasteiger partial charge in [-0.3, -0.25) is 0 Å². The Balaban J connectivity index is 2.33. The first-order chi connectivity index (χ1) is 7.70. The van der Waals surface area contributed by atoms with Crippen molar-refractivity contribution in [3.63, 3.8) is 0 Å². The average molecular weight is 259 g/mol.